The predicted molar refractivity (Wildman–Crippen MR) is 99.7 cm³/mol. The minimum absolute atomic E-state index is 0.0919. The number of hydrazine groups is 1. The molecule has 1 saturated heterocycles. The molecule has 6 nitrogen and oxygen atoms in total. The summed E-state index contributed by atoms with van der Waals surface area (Å²) in [4.78, 5) is 12.5. The Morgan fingerprint density at radius 1 is 1.08 bits per heavy atom. The van der Waals surface area contributed by atoms with Crippen molar-refractivity contribution in [2.45, 2.75) is 18.5 Å². The fourth-order valence-corrected chi connectivity index (χ4v) is 3.05. The van der Waals surface area contributed by atoms with Crippen LogP contribution in [0.1, 0.15) is 18.0 Å². The van der Waals surface area contributed by atoms with E-state index >= 15 is 0 Å². The molecule has 7 heteroatoms. The monoisotopic (exact) mass is 405 g/mol. The Bertz CT molecular complexity index is 752. The summed E-state index contributed by atoms with van der Waals surface area (Å²) in [6.07, 6.45) is 0.667. The fraction of sp³-hybridized carbons (Fsp3) is 0.278. The third kappa shape index (κ3) is 4.12. The molecule has 25 heavy (non-hydrogen) atoms. The number of carbonyl (C=O) groups is 1. The lowest BCUT2D eigenvalue weighted by Crippen LogP contribution is -2.39. The van der Waals surface area contributed by atoms with Gasteiger partial charge in [-0.25, -0.2) is 10.9 Å². The Morgan fingerprint density at radius 3 is 2.48 bits per heavy atom. The second-order valence-electron chi connectivity index (χ2n) is 5.74. The lowest BCUT2D eigenvalue weighted by Gasteiger charge is -2.13. The highest BCUT2D eigenvalue weighted by Gasteiger charge is 2.30. The highest BCUT2D eigenvalue weighted by molar-refractivity contribution is 9.10. The number of carbonyl (C=O) groups excluding carboxylic acids is 1. The number of ether oxygens (including phenoxy) is 2. The first-order valence-corrected chi connectivity index (χ1v) is 8.69. The number of amides is 1. The number of nitrogens with one attached hydrogen (secondary N) is 3. The number of hydrogen-bond donors (Lipinski definition) is 3. The second kappa shape index (κ2) is 7.86. The minimum atomic E-state index is -0.318. The fourth-order valence-electron chi connectivity index (χ4n) is 2.79. The van der Waals surface area contributed by atoms with Gasteiger partial charge in [-0.1, -0.05) is 28.1 Å². The second-order valence-corrected chi connectivity index (χ2v) is 6.66. The molecule has 0 radical (unpaired) electrons. The molecule has 1 aliphatic heterocycles. The van der Waals surface area contributed by atoms with Crippen molar-refractivity contribution in [3.05, 3.63) is 52.5 Å². The van der Waals surface area contributed by atoms with E-state index in [-0.39, 0.29) is 18.0 Å². The van der Waals surface area contributed by atoms with Gasteiger partial charge in [0.1, 0.15) is 6.04 Å². The molecule has 1 aliphatic rings. The van der Waals surface area contributed by atoms with Gasteiger partial charge in [-0.05, 0) is 36.2 Å². The van der Waals surface area contributed by atoms with Crippen LogP contribution in [0, 0.1) is 0 Å². The summed E-state index contributed by atoms with van der Waals surface area (Å²) in [6.45, 7) is 0. The zero-order valence-electron chi connectivity index (χ0n) is 14.0. The highest BCUT2D eigenvalue weighted by atomic mass is 79.9. The van der Waals surface area contributed by atoms with Crippen LogP contribution in [0.4, 0.5) is 5.69 Å². The van der Waals surface area contributed by atoms with Gasteiger partial charge in [-0.3, -0.25) is 4.79 Å². The van der Waals surface area contributed by atoms with Crippen molar-refractivity contribution in [3.8, 4) is 11.5 Å². The highest BCUT2D eigenvalue weighted by Crippen LogP contribution is 2.30. The van der Waals surface area contributed by atoms with Gasteiger partial charge in [0, 0.05) is 22.3 Å². The number of methoxy groups -OCH3 is 2. The third-order valence-electron chi connectivity index (χ3n) is 4.14. The average molecular weight is 406 g/mol. The smallest absolute Gasteiger partial charge is 0.242 e. The largest absolute Gasteiger partial charge is 0.493 e. The molecule has 132 valence electrons. The topological polar surface area (TPSA) is 71.6 Å². The summed E-state index contributed by atoms with van der Waals surface area (Å²) in [7, 11) is 3.14. The van der Waals surface area contributed by atoms with E-state index in [1.807, 2.05) is 24.3 Å². The summed E-state index contributed by atoms with van der Waals surface area (Å²) < 4.78 is 11.5. The van der Waals surface area contributed by atoms with Crippen molar-refractivity contribution in [1.29, 1.82) is 0 Å². The van der Waals surface area contributed by atoms with Crippen LogP contribution in [0.2, 0.25) is 0 Å². The molecule has 1 amide bonds. The van der Waals surface area contributed by atoms with Gasteiger partial charge in [0.25, 0.3) is 0 Å². The maximum Gasteiger partial charge on any atom is 0.242 e. The molecule has 0 aromatic heterocycles. The van der Waals surface area contributed by atoms with Gasteiger partial charge in [-0.15, -0.1) is 0 Å². The number of hydrogen-bond acceptors (Lipinski definition) is 5. The first-order valence-electron chi connectivity index (χ1n) is 7.90. The molecular formula is C18H20BrN3O3. The van der Waals surface area contributed by atoms with Crippen LogP contribution >= 0.6 is 15.9 Å². The Kier molecular flexibility index (Phi) is 5.57. The van der Waals surface area contributed by atoms with Crippen molar-refractivity contribution in [1.82, 2.24) is 10.9 Å². The van der Waals surface area contributed by atoms with E-state index < -0.39 is 0 Å². The van der Waals surface area contributed by atoms with E-state index in [2.05, 4.69) is 32.1 Å². The molecule has 1 fully saturated rings. The third-order valence-corrected chi connectivity index (χ3v) is 4.67. The molecule has 1 heterocycles. The molecule has 0 bridgehead atoms. The first-order chi connectivity index (χ1) is 12.1. The molecule has 0 spiro atoms. The SMILES string of the molecule is COc1ccc(NC(=O)C2CC(c3ccc(Br)cc3)NN2)cc1OC. The van der Waals surface area contributed by atoms with Crippen LogP contribution in [0.5, 0.6) is 11.5 Å². The van der Waals surface area contributed by atoms with Crippen molar-refractivity contribution in [2.75, 3.05) is 19.5 Å². The van der Waals surface area contributed by atoms with E-state index in [1.165, 1.54) is 0 Å². The minimum Gasteiger partial charge on any atom is -0.493 e. The van der Waals surface area contributed by atoms with Gasteiger partial charge >= 0.3 is 0 Å². The Hall–Kier alpha value is -2.09. The van der Waals surface area contributed by atoms with Crippen LogP contribution in [0.25, 0.3) is 0 Å². The zero-order valence-corrected chi connectivity index (χ0v) is 15.6. The van der Waals surface area contributed by atoms with Gasteiger partial charge in [0.15, 0.2) is 11.5 Å². The van der Waals surface area contributed by atoms with Crippen LogP contribution in [-0.2, 0) is 4.79 Å². The van der Waals surface area contributed by atoms with Crippen LogP contribution in [0.15, 0.2) is 46.9 Å². The first kappa shape index (κ1) is 17.7. The number of benzene rings is 2. The van der Waals surface area contributed by atoms with E-state index in [1.54, 1.807) is 32.4 Å². The molecule has 2 atom stereocenters. The number of rotatable bonds is 5. The number of anilines is 1. The molecule has 0 saturated carbocycles. The molecular weight excluding hydrogens is 386 g/mol. The van der Waals surface area contributed by atoms with Gasteiger partial charge < -0.3 is 14.8 Å². The maximum atomic E-state index is 12.5. The number of halogens is 1. The molecule has 0 aliphatic carbocycles. The van der Waals surface area contributed by atoms with Gasteiger partial charge in [0.05, 0.1) is 14.2 Å². The van der Waals surface area contributed by atoms with Crippen LogP contribution < -0.4 is 25.6 Å². The molecule has 2 unspecified atom stereocenters. The lowest BCUT2D eigenvalue weighted by atomic mass is 10.0. The van der Waals surface area contributed by atoms with E-state index in [4.69, 9.17) is 9.47 Å². The Balaban J connectivity index is 1.63. The summed E-state index contributed by atoms with van der Waals surface area (Å²) in [6, 6.07) is 13.1. The van der Waals surface area contributed by atoms with Crippen molar-refractivity contribution in [2.24, 2.45) is 0 Å². The van der Waals surface area contributed by atoms with E-state index in [9.17, 15) is 4.79 Å². The maximum absolute atomic E-state index is 12.5. The van der Waals surface area contributed by atoms with E-state index in [0.717, 1.165) is 10.0 Å². The lowest BCUT2D eigenvalue weighted by molar-refractivity contribution is -0.117. The van der Waals surface area contributed by atoms with Gasteiger partial charge in [-0.2, -0.15) is 0 Å². The normalized spacial score (nSPS) is 19.5. The molecule has 3 rings (SSSR count). The van der Waals surface area contributed by atoms with Crippen LogP contribution in [-0.4, -0.2) is 26.2 Å². The zero-order chi connectivity index (χ0) is 17.8. The van der Waals surface area contributed by atoms with Gasteiger partial charge in [0.2, 0.25) is 5.91 Å². The molecule has 2 aromatic rings. The summed E-state index contributed by atoms with van der Waals surface area (Å²) in [5.41, 5.74) is 8.04. The van der Waals surface area contributed by atoms with Crippen molar-refractivity contribution in [3.63, 3.8) is 0 Å². The summed E-state index contributed by atoms with van der Waals surface area (Å²) in [5, 5.41) is 2.91. The van der Waals surface area contributed by atoms with Crippen molar-refractivity contribution < 1.29 is 14.3 Å². The van der Waals surface area contributed by atoms with E-state index in [0.29, 0.717) is 23.6 Å². The Labute approximate surface area is 155 Å². The quantitative estimate of drug-likeness (QED) is 0.712. The predicted octanol–water partition coefficient (Wildman–Crippen LogP) is 3.01. The molecule has 3 N–H and O–H groups in total. The summed E-state index contributed by atoms with van der Waals surface area (Å²) >= 11 is 3.43. The van der Waals surface area contributed by atoms with Crippen molar-refractivity contribution >= 4 is 27.5 Å². The molecule has 2 aromatic carbocycles. The Morgan fingerprint density at radius 2 is 1.80 bits per heavy atom. The van der Waals surface area contributed by atoms with Crippen LogP contribution in [0.3, 0.4) is 0 Å². The average Bonchev–Trinajstić information content (AvgIpc) is 3.12. The standard InChI is InChI=1S/C18H20BrN3O3/c1-24-16-8-7-13(9-17(16)25-2)20-18(23)15-10-14(21-22-15)11-3-5-12(19)6-4-11/h3-9,14-15,21-22H,10H2,1-2H3,(H,20,23). The summed E-state index contributed by atoms with van der Waals surface area (Å²) in [5.74, 6) is 1.10.